The van der Waals surface area contributed by atoms with Crippen LogP contribution < -0.4 is 5.32 Å². The number of nitrogens with zero attached hydrogens (tertiary/aromatic N) is 2. The monoisotopic (exact) mass is 537 g/mol. The molecule has 0 spiro atoms. The fourth-order valence-electron chi connectivity index (χ4n) is 5.22. The minimum absolute atomic E-state index is 0.0343. The summed E-state index contributed by atoms with van der Waals surface area (Å²) in [6.45, 7) is 1.74. The SMILES string of the molecule is CC(NC(CCc1ccccc1)C(=O)O)C(=O)N1C(C(=O)OCCSCCO[N+](=O)[O-])CC2CCCC21. The molecule has 1 aliphatic heterocycles. The van der Waals surface area contributed by atoms with E-state index in [1.165, 1.54) is 11.8 Å². The van der Waals surface area contributed by atoms with E-state index in [4.69, 9.17) is 4.74 Å². The highest BCUT2D eigenvalue weighted by Crippen LogP contribution is 2.42. The zero-order chi connectivity index (χ0) is 26.8. The molecule has 0 bridgehead atoms. The van der Waals surface area contributed by atoms with Crippen molar-refractivity contribution in [2.24, 2.45) is 5.92 Å². The van der Waals surface area contributed by atoms with Crippen molar-refractivity contribution >= 4 is 29.6 Å². The molecule has 2 fully saturated rings. The largest absolute Gasteiger partial charge is 0.480 e. The van der Waals surface area contributed by atoms with E-state index in [1.807, 2.05) is 30.3 Å². The molecule has 204 valence electrons. The number of nitrogens with one attached hydrogen (secondary N) is 1. The van der Waals surface area contributed by atoms with Gasteiger partial charge in [-0.3, -0.25) is 14.9 Å². The van der Waals surface area contributed by atoms with E-state index in [2.05, 4.69) is 10.2 Å². The smallest absolute Gasteiger partial charge is 0.328 e. The van der Waals surface area contributed by atoms with Gasteiger partial charge in [0.1, 0.15) is 25.3 Å². The number of esters is 1. The maximum atomic E-state index is 13.5. The van der Waals surface area contributed by atoms with E-state index in [-0.39, 0.29) is 31.1 Å². The van der Waals surface area contributed by atoms with Gasteiger partial charge >= 0.3 is 11.9 Å². The standard InChI is InChI=1S/C25H35N3O8S/c1-17(26-20(24(30)31)11-10-18-6-3-2-4-7-18)23(29)27-21-9-5-8-19(21)16-22(27)25(32)35-12-14-37-15-13-36-28(33)34/h2-4,6-7,17,19-22,26H,5,8-16H2,1H3,(H,30,31). The zero-order valence-corrected chi connectivity index (χ0v) is 21.8. The Balaban J connectivity index is 1.54. The lowest BCUT2D eigenvalue weighted by Crippen LogP contribution is -2.55. The van der Waals surface area contributed by atoms with Crippen molar-refractivity contribution in [2.45, 2.75) is 69.6 Å². The Kier molecular flexibility index (Phi) is 11.0. The van der Waals surface area contributed by atoms with Crippen LogP contribution in [0.5, 0.6) is 0 Å². The first-order valence-electron chi connectivity index (χ1n) is 12.6. The molecule has 11 nitrogen and oxygen atoms in total. The number of thioether (sulfide) groups is 1. The van der Waals surface area contributed by atoms with Crippen molar-refractivity contribution in [2.75, 3.05) is 24.7 Å². The van der Waals surface area contributed by atoms with Crippen molar-refractivity contribution in [1.29, 1.82) is 0 Å². The van der Waals surface area contributed by atoms with Crippen LogP contribution in [0.4, 0.5) is 0 Å². The fourth-order valence-corrected chi connectivity index (χ4v) is 5.82. The summed E-state index contributed by atoms with van der Waals surface area (Å²) in [6, 6.07) is 7.17. The molecule has 1 amide bonds. The first-order valence-corrected chi connectivity index (χ1v) is 13.8. The summed E-state index contributed by atoms with van der Waals surface area (Å²) in [5.41, 5.74) is 1.02. The lowest BCUT2D eigenvalue weighted by molar-refractivity contribution is -0.756. The normalized spacial score (nSPS) is 22.2. The second-order valence-corrected chi connectivity index (χ2v) is 10.6. The van der Waals surface area contributed by atoms with Crippen molar-refractivity contribution < 1.29 is 34.2 Å². The Bertz CT molecular complexity index is 934. The molecule has 1 aromatic rings. The number of carbonyl (C=O) groups is 3. The van der Waals surface area contributed by atoms with Gasteiger partial charge in [0.05, 0.1) is 6.04 Å². The van der Waals surface area contributed by atoms with E-state index in [1.54, 1.807) is 11.8 Å². The van der Waals surface area contributed by atoms with Crippen LogP contribution in [-0.2, 0) is 30.4 Å². The van der Waals surface area contributed by atoms with Gasteiger partial charge in [-0.05, 0) is 50.5 Å². The number of hydrogen-bond donors (Lipinski definition) is 2. The number of ether oxygens (including phenoxy) is 1. The molecule has 3 rings (SSSR count). The number of hydrogen-bond acceptors (Lipinski definition) is 9. The molecule has 12 heteroatoms. The van der Waals surface area contributed by atoms with Gasteiger partial charge in [-0.15, -0.1) is 10.1 Å². The number of aryl methyl sites for hydroxylation is 1. The summed E-state index contributed by atoms with van der Waals surface area (Å²) in [5.74, 6) is -0.678. The van der Waals surface area contributed by atoms with Crippen LogP contribution in [0.3, 0.4) is 0 Å². The molecule has 0 aromatic heterocycles. The van der Waals surface area contributed by atoms with Gasteiger partial charge in [0.2, 0.25) is 5.91 Å². The van der Waals surface area contributed by atoms with Crippen LogP contribution in [0.15, 0.2) is 30.3 Å². The van der Waals surface area contributed by atoms with Crippen LogP contribution in [-0.4, -0.2) is 81.8 Å². The quantitative estimate of drug-likeness (QED) is 0.148. The molecule has 1 saturated heterocycles. The number of benzene rings is 1. The molecule has 1 aliphatic carbocycles. The van der Waals surface area contributed by atoms with Crippen LogP contribution in [0.2, 0.25) is 0 Å². The number of carboxylic acid groups (broad SMARTS) is 1. The first kappa shape index (κ1) is 28.7. The van der Waals surface area contributed by atoms with Crippen LogP contribution >= 0.6 is 11.8 Å². The molecule has 2 aliphatic rings. The Morgan fingerprint density at radius 1 is 1.22 bits per heavy atom. The molecule has 2 N–H and O–H groups in total. The van der Waals surface area contributed by atoms with Crippen LogP contribution in [0, 0.1) is 16.0 Å². The molecule has 1 saturated carbocycles. The van der Waals surface area contributed by atoms with Gasteiger partial charge in [0, 0.05) is 17.5 Å². The minimum atomic E-state index is -1.02. The zero-order valence-electron chi connectivity index (χ0n) is 21.0. The predicted octanol–water partition coefficient (Wildman–Crippen LogP) is 2.30. The van der Waals surface area contributed by atoms with E-state index >= 15 is 0 Å². The number of fused-ring (bicyclic) bond motifs is 1. The summed E-state index contributed by atoms with van der Waals surface area (Å²) in [6.07, 6.45) is 4.18. The maximum absolute atomic E-state index is 13.5. The highest BCUT2D eigenvalue weighted by molar-refractivity contribution is 7.99. The van der Waals surface area contributed by atoms with E-state index in [0.717, 1.165) is 24.8 Å². The predicted molar refractivity (Wildman–Crippen MR) is 136 cm³/mol. The summed E-state index contributed by atoms with van der Waals surface area (Å²) >= 11 is 1.37. The third-order valence-electron chi connectivity index (χ3n) is 6.95. The molecular weight excluding hydrogens is 502 g/mol. The second kappa shape index (κ2) is 14.2. The molecule has 5 unspecified atom stereocenters. The molecule has 1 heterocycles. The van der Waals surface area contributed by atoms with Gasteiger partial charge in [0.25, 0.3) is 5.09 Å². The summed E-state index contributed by atoms with van der Waals surface area (Å²) in [7, 11) is 0. The van der Waals surface area contributed by atoms with E-state index in [0.29, 0.717) is 30.8 Å². The van der Waals surface area contributed by atoms with Crippen LogP contribution in [0.25, 0.3) is 0 Å². The number of likely N-dealkylation sites (tertiary alicyclic amines) is 1. The molecule has 0 radical (unpaired) electrons. The second-order valence-electron chi connectivity index (χ2n) is 9.40. The summed E-state index contributed by atoms with van der Waals surface area (Å²) in [5, 5.41) is 22.0. The highest BCUT2D eigenvalue weighted by Gasteiger charge is 2.50. The highest BCUT2D eigenvalue weighted by atomic mass is 32.2. The lowest BCUT2D eigenvalue weighted by Gasteiger charge is -2.32. The number of rotatable bonds is 15. The number of amides is 1. The number of carboxylic acids is 1. The Morgan fingerprint density at radius 2 is 1.95 bits per heavy atom. The summed E-state index contributed by atoms with van der Waals surface area (Å²) in [4.78, 5) is 54.4. The molecule has 5 atom stereocenters. The Labute approximate surface area is 220 Å². The number of aliphatic carboxylic acids is 1. The maximum Gasteiger partial charge on any atom is 0.328 e. The first-order chi connectivity index (χ1) is 17.8. The molecule has 1 aromatic carbocycles. The topological polar surface area (TPSA) is 148 Å². The molecule has 37 heavy (non-hydrogen) atoms. The van der Waals surface area contributed by atoms with E-state index in [9.17, 15) is 29.6 Å². The van der Waals surface area contributed by atoms with Gasteiger partial charge in [0.15, 0.2) is 0 Å². The van der Waals surface area contributed by atoms with Crippen molar-refractivity contribution in [3.05, 3.63) is 46.0 Å². The average Bonchev–Trinajstić information content (AvgIpc) is 3.47. The van der Waals surface area contributed by atoms with Gasteiger partial charge in [-0.1, -0.05) is 36.8 Å². The Hall–Kier alpha value is -2.86. The van der Waals surface area contributed by atoms with Crippen molar-refractivity contribution in [1.82, 2.24) is 10.2 Å². The fraction of sp³-hybridized carbons (Fsp3) is 0.640. The lowest BCUT2D eigenvalue weighted by atomic mass is 10.0. The third kappa shape index (κ3) is 8.32. The minimum Gasteiger partial charge on any atom is -0.480 e. The Morgan fingerprint density at radius 3 is 2.65 bits per heavy atom. The molecular formula is C25H35N3O8S. The summed E-state index contributed by atoms with van der Waals surface area (Å²) < 4.78 is 5.44. The van der Waals surface area contributed by atoms with Gasteiger partial charge < -0.3 is 19.6 Å². The van der Waals surface area contributed by atoms with Crippen LogP contribution in [0.1, 0.15) is 44.6 Å². The number of carbonyl (C=O) groups excluding carboxylic acids is 2. The third-order valence-corrected chi connectivity index (χ3v) is 7.86. The van der Waals surface area contributed by atoms with Crippen molar-refractivity contribution in [3.63, 3.8) is 0 Å². The van der Waals surface area contributed by atoms with Gasteiger partial charge in [-0.2, -0.15) is 11.8 Å². The van der Waals surface area contributed by atoms with Gasteiger partial charge in [-0.25, -0.2) is 4.79 Å². The van der Waals surface area contributed by atoms with E-state index < -0.39 is 35.2 Å². The van der Waals surface area contributed by atoms with Crippen molar-refractivity contribution in [3.8, 4) is 0 Å². The average molecular weight is 538 g/mol.